The van der Waals surface area contributed by atoms with Crippen LogP contribution in [0.15, 0.2) is 47.1 Å². The second-order valence-electron chi connectivity index (χ2n) is 6.17. The summed E-state index contributed by atoms with van der Waals surface area (Å²) in [5, 5.41) is 0. The van der Waals surface area contributed by atoms with Crippen LogP contribution in [0, 0.1) is 0 Å². The summed E-state index contributed by atoms with van der Waals surface area (Å²) < 4.78 is 5.10. The molecule has 2 heterocycles. The van der Waals surface area contributed by atoms with Crippen molar-refractivity contribution in [1.29, 1.82) is 0 Å². The van der Waals surface area contributed by atoms with Gasteiger partial charge < -0.3 is 14.5 Å². The van der Waals surface area contributed by atoms with Crippen LogP contribution in [0.2, 0.25) is 0 Å². The zero-order chi connectivity index (χ0) is 18.0. The second-order valence-corrected chi connectivity index (χ2v) is 6.17. The largest absolute Gasteiger partial charge is 0.383 e. The molecular formula is C19H21N3O3. The number of amides is 2. The SMILES string of the molecule is COCCN1C=C(c2cccc(C(=O)N(C)C)c2)C2=CC=NC2C1=O. The molecule has 0 saturated heterocycles. The Hall–Kier alpha value is -2.73. The van der Waals surface area contributed by atoms with Crippen molar-refractivity contribution in [3.8, 4) is 0 Å². The Balaban J connectivity index is 2.00. The van der Waals surface area contributed by atoms with Crippen molar-refractivity contribution in [3.05, 3.63) is 53.2 Å². The molecule has 25 heavy (non-hydrogen) atoms. The fourth-order valence-electron chi connectivity index (χ4n) is 2.95. The Morgan fingerprint density at radius 2 is 2.16 bits per heavy atom. The van der Waals surface area contributed by atoms with Crippen LogP contribution in [-0.2, 0) is 9.53 Å². The maximum Gasteiger partial charge on any atom is 0.256 e. The molecule has 0 radical (unpaired) electrons. The number of ether oxygens (including phenoxy) is 1. The minimum absolute atomic E-state index is 0.0543. The van der Waals surface area contributed by atoms with Gasteiger partial charge in [0.15, 0.2) is 6.04 Å². The number of carbonyl (C=O) groups is 2. The van der Waals surface area contributed by atoms with E-state index in [1.165, 1.54) is 0 Å². The summed E-state index contributed by atoms with van der Waals surface area (Å²) in [6.07, 6.45) is 5.36. The van der Waals surface area contributed by atoms with Gasteiger partial charge in [-0.25, -0.2) is 0 Å². The van der Waals surface area contributed by atoms with Crippen LogP contribution in [0.5, 0.6) is 0 Å². The van der Waals surface area contributed by atoms with Crippen LogP contribution in [-0.4, -0.2) is 68.2 Å². The van der Waals surface area contributed by atoms with Gasteiger partial charge >= 0.3 is 0 Å². The van der Waals surface area contributed by atoms with Gasteiger partial charge in [-0.15, -0.1) is 0 Å². The van der Waals surface area contributed by atoms with Gasteiger partial charge in [-0.05, 0) is 29.3 Å². The first-order chi connectivity index (χ1) is 12.0. The standard InChI is InChI=1S/C19H21N3O3/c1-21(2)18(23)14-6-4-5-13(11-14)16-12-22(9-10-25-3)19(24)17-15(16)7-8-20-17/h4-8,11-12,17H,9-10H2,1-3H3. The van der Waals surface area contributed by atoms with Crippen molar-refractivity contribution in [3.63, 3.8) is 0 Å². The third-order valence-electron chi connectivity index (χ3n) is 4.26. The lowest BCUT2D eigenvalue weighted by Crippen LogP contribution is -2.40. The molecule has 0 aromatic heterocycles. The molecule has 6 nitrogen and oxygen atoms in total. The smallest absolute Gasteiger partial charge is 0.256 e. The zero-order valence-electron chi connectivity index (χ0n) is 14.6. The van der Waals surface area contributed by atoms with Gasteiger partial charge in [-0.2, -0.15) is 0 Å². The van der Waals surface area contributed by atoms with Gasteiger partial charge in [0, 0.05) is 51.3 Å². The first-order valence-electron chi connectivity index (χ1n) is 8.10. The molecule has 1 atom stereocenters. The molecule has 0 fully saturated rings. The van der Waals surface area contributed by atoms with E-state index in [0.717, 1.165) is 16.7 Å². The Labute approximate surface area is 147 Å². The van der Waals surface area contributed by atoms with E-state index in [0.29, 0.717) is 18.7 Å². The molecule has 1 aromatic carbocycles. The molecule has 0 spiro atoms. The highest BCUT2D eigenvalue weighted by atomic mass is 16.5. The number of aliphatic imine (C=N–C) groups is 1. The van der Waals surface area contributed by atoms with Crippen LogP contribution in [0.3, 0.4) is 0 Å². The molecule has 1 aromatic rings. The molecule has 2 aliphatic rings. The van der Waals surface area contributed by atoms with Gasteiger partial charge in [0.1, 0.15) is 0 Å². The lowest BCUT2D eigenvalue weighted by atomic mass is 9.90. The summed E-state index contributed by atoms with van der Waals surface area (Å²) in [5.41, 5.74) is 3.28. The molecule has 6 heteroatoms. The number of fused-ring (bicyclic) bond motifs is 1. The third kappa shape index (κ3) is 3.25. The fraction of sp³-hybridized carbons (Fsp3) is 0.316. The topological polar surface area (TPSA) is 62.2 Å². The van der Waals surface area contributed by atoms with Gasteiger partial charge in [-0.3, -0.25) is 14.6 Å². The number of allylic oxidation sites excluding steroid dienone is 1. The Morgan fingerprint density at radius 1 is 1.36 bits per heavy atom. The van der Waals surface area contributed by atoms with Gasteiger partial charge in [0.25, 0.3) is 11.8 Å². The highest BCUT2D eigenvalue weighted by molar-refractivity contribution is 6.04. The number of hydrogen-bond donors (Lipinski definition) is 0. The molecule has 0 N–H and O–H groups in total. The maximum atomic E-state index is 12.6. The normalized spacial score (nSPS) is 18.8. The Morgan fingerprint density at radius 3 is 2.88 bits per heavy atom. The number of rotatable bonds is 5. The number of carbonyl (C=O) groups excluding carboxylic acids is 2. The van der Waals surface area contributed by atoms with Crippen molar-refractivity contribution < 1.29 is 14.3 Å². The zero-order valence-corrected chi connectivity index (χ0v) is 14.6. The number of nitrogens with zero attached hydrogens (tertiary/aromatic N) is 3. The van der Waals surface area contributed by atoms with Crippen LogP contribution < -0.4 is 0 Å². The van der Waals surface area contributed by atoms with Crippen LogP contribution >= 0.6 is 0 Å². The lowest BCUT2D eigenvalue weighted by molar-refractivity contribution is -0.129. The molecular weight excluding hydrogens is 318 g/mol. The lowest BCUT2D eigenvalue weighted by Gasteiger charge is -2.29. The van der Waals surface area contributed by atoms with E-state index in [1.54, 1.807) is 43.3 Å². The second kappa shape index (κ2) is 7.03. The van der Waals surface area contributed by atoms with E-state index in [9.17, 15) is 9.59 Å². The van der Waals surface area contributed by atoms with Gasteiger partial charge in [0.2, 0.25) is 0 Å². The van der Waals surface area contributed by atoms with Crippen LogP contribution in [0.4, 0.5) is 0 Å². The average molecular weight is 339 g/mol. The van der Waals surface area contributed by atoms with E-state index in [-0.39, 0.29) is 11.8 Å². The average Bonchev–Trinajstić information content (AvgIpc) is 3.11. The quantitative estimate of drug-likeness (QED) is 0.818. The molecule has 3 rings (SSSR count). The summed E-state index contributed by atoms with van der Waals surface area (Å²) >= 11 is 0. The van der Waals surface area contributed by atoms with Gasteiger partial charge in [-0.1, -0.05) is 12.1 Å². The summed E-state index contributed by atoms with van der Waals surface area (Å²) in [6, 6.07) is 6.94. The van der Waals surface area contributed by atoms with E-state index < -0.39 is 6.04 Å². The highest BCUT2D eigenvalue weighted by Crippen LogP contribution is 2.34. The summed E-state index contributed by atoms with van der Waals surface area (Å²) in [6.45, 7) is 0.915. The summed E-state index contributed by atoms with van der Waals surface area (Å²) in [5.74, 6) is -0.111. The first-order valence-corrected chi connectivity index (χ1v) is 8.10. The molecule has 130 valence electrons. The van der Waals surface area contributed by atoms with E-state index in [4.69, 9.17) is 4.74 Å². The van der Waals surface area contributed by atoms with Crippen LogP contribution in [0.25, 0.3) is 5.57 Å². The molecule has 0 bridgehead atoms. The highest BCUT2D eigenvalue weighted by Gasteiger charge is 2.35. The Kier molecular flexibility index (Phi) is 4.81. The summed E-state index contributed by atoms with van der Waals surface area (Å²) in [4.78, 5) is 32.3. The van der Waals surface area contributed by atoms with Crippen molar-refractivity contribution in [1.82, 2.24) is 9.80 Å². The molecule has 1 unspecified atom stereocenters. The number of methoxy groups -OCH3 is 1. The van der Waals surface area contributed by atoms with Crippen molar-refractivity contribution in [2.75, 3.05) is 34.4 Å². The predicted molar refractivity (Wildman–Crippen MR) is 96.4 cm³/mol. The monoisotopic (exact) mass is 339 g/mol. The number of benzene rings is 1. The third-order valence-corrected chi connectivity index (χ3v) is 4.26. The Bertz CT molecular complexity index is 793. The maximum absolute atomic E-state index is 12.6. The summed E-state index contributed by atoms with van der Waals surface area (Å²) in [7, 11) is 5.06. The van der Waals surface area contributed by atoms with Crippen LogP contribution in [0.1, 0.15) is 15.9 Å². The predicted octanol–water partition coefficient (Wildman–Crippen LogP) is 1.60. The first kappa shape index (κ1) is 17.1. The van der Waals surface area contributed by atoms with Crippen molar-refractivity contribution >= 4 is 23.6 Å². The van der Waals surface area contributed by atoms with Gasteiger partial charge in [0.05, 0.1) is 6.61 Å². The minimum Gasteiger partial charge on any atom is -0.383 e. The van der Waals surface area contributed by atoms with E-state index in [2.05, 4.69) is 4.99 Å². The van der Waals surface area contributed by atoms with Crippen molar-refractivity contribution in [2.24, 2.45) is 4.99 Å². The van der Waals surface area contributed by atoms with Crippen molar-refractivity contribution in [2.45, 2.75) is 6.04 Å². The minimum atomic E-state index is -0.509. The number of hydrogen-bond acceptors (Lipinski definition) is 4. The molecule has 2 amide bonds. The van der Waals surface area contributed by atoms with E-state index in [1.807, 2.05) is 30.5 Å². The molecule has 0 saturated carbocycles. The molecule has 2 aliphatic heterocycles. The molecule has 0 aliphatic carbocycles. The van der Waals surface area contributed by atoms with E-state index >= 15 is 0 Å². The fourth-order valence-corrected chi connectivity index (χ4v) is 2.95.